The molecule has 1 atom stereocenters. The average molecular weight is 762 g/mol. The van der Waals surface area contributed by atoms with Crippen molar-refractivity contribution < 1.29 is 37.4 Å². The number of rotatable bonds is 12. The number of ether oxygens (including phenoxy) is 1. The SMILES string of the molecule is CCNC(=O)Nc1cc(-c2nc(C(F)(F)F)cs2)c(-c2ccc3c(c2)c(=O)c(C(=O)OCCO)cn3[C@H](CCC(C)(C)[Si](C)(C)O)C(C)(C)C)cn1. The highest BCUT2D eigenvalue weighted by Crippen LogP contribution is 2.46. The number of nitrogens with one attached hydrogen (secondary N) is 2. The Hall–Kier alpha value is -4.12. The highest BCUT2D eigenvalue weighted by atomic mass is 32.1. The molecule has 0 aliphatic carbocycles. The summed E-state index contributed by atoms with van der Waals surface area (Å²) in [6.45, 7) is 15.3. The number of nitrogens with zero attached hydrogens (tertiary/aromatic N) is 3. The van der Waals surface area contributed by atoms with Gasteiger partial charge in [0.2, 0.25) is 5.43 Å². The lowest BCUT2D eigenvalue weighted by Gasteiger charge is -2.40. The molecule has 0 radical (unpaired) electrons. The van der Waals surface area contributed by atoms with E-state index in [0.29, 0.717) is 36.0 Å². The predicted octanol–water partition coefficient (Wildman–Crippen LogP) is 7.84. The highest BCUT2D eigenvalue weighted by Gasteiger charge is 2.40. The molecule has 3 heterocycles. The van der Waals surface area contributed by atoms with E-state index in [2.05, 4.69) is 20.6 Å². The van der Waals surface area contributed by atoms with Gasteiger partial charge in [-0.3, -0.25) is 10.1 Å². The predicted molar refractivity (Wildman–Crippen MR) is 199 cm³/mol. The van der Waals surface area contributed by atoms with E-state index in [-0.39, 0.29) is 45.0 Å². The van der Waals surface area contributed by atoms with Gasteiger partial charge in [-0.25, -0.2) is 19.6 Å². The number of carbonyl (C=O) groups is 2. The van der Waals surface area contributed by atoms with Crippen LogP contribution in [-0.4, -0.2) is 64.5 Å². The zero-order valence-electron chi connectivity index (χ0n) is 30.6. The first-order chi connectivity index (χ1) is 24.1. The number of carbonyl (C=O) groups excluding carboxylic acids is 2. The van der Waals surface area contributed by atoms with Crippen LogP contribution in [0.3, 0.4) is 0 Å². The Morgan fingerprint density at radius 3 is 2.37 bits per heavy atom. The van der Waals surface area contributed by atoms with Crippen molar-refractivity contribution in [3.8, 4) is 21.7 Å². The second kappa shape index (κ2) is 15.5. The molecular formula is C36H46F3N5O6SSi. The van der Waals surface area contributed by atoms with Crippen molar-refractivity contribution >= 4 is 48.4 Å². The number of aromatic nitrogens is 3. The monoisotopic (exact) mass is 761 g/mol. The third kappa shape index (κ3) is 9.08. The Kier molecular flexibility index (Phi) is 12.1. The summed E-state index contributed by atoms with van der Waals surface area (Å²) in [6, 6.07) is 5.58. The summed E-state index contributed by atoms with van der Waals surface area (Å²) in [7, 11) is -2.58. The maximum Gasteiger partial charge on any atom is 0.434 e. The second-order valence-electron chi connectivity index (χ2n) is 14.9. The van der Waals surface area contributed by atoms with E-state index in [0.717, 1.165) is 16.7 Å². The molecule has 4 N–H and O–H groups in total. The maximum atomic E-state index is 14.1. The van der Waals surface area contributed by atoms with Gasteiger partial charge in [0.1, 0.15) is 23.0 Å². The van der Waals surface area contributed by atoms with Gasteiger partial charge in [-0.1, -0.05) is 40.7 Å². The van der Waals surface area contributed by atoms with E-state index < -0.39 is 49.6 Å². The lowest BCUT2D eigenvalue weighted by Crippen LogP contribution is -2.40. The molecule has 0 aliphatic rings. The molecule has 0 fully saturated rings. The Balaban J connectivity index is 1.98. The summed E-state index contributed by atoms with van der Waals surface area (Å²) < 4.78 is 47.9. The van der Waals surface area contributed by atoms with Crippen LogP contribution in [0.25, 0.3) is 32.6 Å². The number of thiazole rings is 1. The summed E-state index contributed by atoms with van der Waals surface area (Å²) in [5.41, 5.74) is -0.901. The number of hydrogen-bond donors (Lipinski definition) is 4. The molecule has 4 aromatic rings. The molecule has 282 valence electrons. The van der Waals surface area contributed by atoms with Crippen molar-refractivity contribution in [2.75, 3.05) is 25.1 Å². The minimum absolute atomic E-state index is 0.00767. The first-order valence-electron chi connectivity index (χ1n) is 16.9. The zero-order valence-corrected chi connectivity index (χ0v) is 32.4. The van der Waals surface area contributed by atoms with Crippen LogP contribution in [0.1, 0.15) is 76.5 Å². The van der Waals surface area contributed by atoms with E-state index in [1.165, 1.54) is 18.5 Å². The molecule has 16 heteroatoms. The normalized spacial score (nSPS) is 13.2. The van der Waals surface area contributed by atoms with Crippen LogP contribution >= 0.6 is 11.3 Å². The number of alkyl halides is 3. The first kappa shape index (κ1) is 40.6. The number of halogens is 3. The summed E-state index contributed by atoms with van der Waals surface area (Å²) >= 11 is 0.765. The van der Waals surface area contributed by atoms with Gasteiger partial charge in [-0.2, -0.15) is 13.2 Å². The van der Waals surface area contributed by atoms with E-state index in [9.17, 15) is 37.5 Å². The zero-order chi connectivity index (χ0) is 38.8. The molecule has 0 bridgehead atoms. The van der Waals surface area contributed by atoms with E-state index >= 15 is 0 Å². The topological polar surface area (TPSA) is 156 Å². The Labute approximate surface area is 305 Å². The number of aliphatic hydroxyl groups is 1. The molecule has 4 rings (SSSR count). The molecular weight excluding hydrogens is 716 g/mol. The van der Waals surface area contributed by atoms with E-state index in [1.807, 2.05) is 52.3 Å². The molecule has 3 aromatic heterocycles. The number of anilines is 1. The van der Waals surface area contributed by atoms with Gasteiger partial charge in [0, 0.05) is 46.9 Å². The van der Waals surface area contributed by atoms with Gasteiger partial charge in [0.25, 0.3) is 0 Å². The number of urea groups is 1. The van der Waals surface area contributed by atoms with Crippen LogP contribution in [0.5, 0.6) is 0 Å². The minimum Gasteiger partial charge on any atom is -0.460 e. The smallest absolute Gasteiger partial charge is 0.434 e. The lowest BCUT2D eigenvalue weighted by atomic mass is 9.82. The largest absolute Gasteiger partial charge is 0.460 e. The average Bonchev–Trinajstić information content (AvgIpc) is 3.55. The van der Waals surface area contributed by atoms with Crippen LogP contribution < -0.4 is 16.1 Å². The van der Waals surface area contributed by atoms with Crippen molar-refractivity contribution in [1.29, 1.82) is 0 Å². The molecule has 0 unspecified atom stereocenters. The van der Waals surface area contributed by atoms with Gasteiger partial charge in [-0.05, 0) is 67.1 Å². The van der Waals surface area contributed by atoms with E-state index in [4.69, 9.17) is 4.74 Å². The molecule has 11 nitrogen and oxygen atoms in total. The lowest BCUT2D eigenvalue weighted by molar-refractivity contribution is -0.140. The Morgan fingerprint density at radius 1 is 1.10 bits per heavy atom. The van der Waals surface area contributed by atoms with Gasteiger partial charge < -0.3 is 24.5 Å². The molecule has 0 saturated heterocycles. The minimum atomic E-state index is -4.69. The van der Waals surface area contributed by atoms with Crippen LogP contribution in [0.15, 0.2) is 46.8 Å². The molecule has 0 aliphatic heterocycles. The van der Waals surface area contributed by atoms with Crippen molar-refractivity contribution in [3.05, 3.63) is 63.5 Å². The highest BCUT2D eigenvalue weighted by molar-refractivity contribution is 7.13. The van der Waals surface area contributed by atoms with Crippen LogP contribution in [0, 0.1) is 5.41 Å². The Morgan fingerprint density at radius 2 is 1.79 bits per heavy atom. The molecule has 2 amide bonds. The summed E-state index contributed by atoms with van der Waals surface area (Å²) in [5, 5.41) is 15.1. The van der Waals surface area contributed by atoms with Crippen LogP contribution in [0.2, 0.25) is 18.1 Å². The number of amides is 2. The van der Waals surface area contributed by atoms with Crippen molar-refractivity contribution in [1.82, 2.24) is 19.9 Å². The van der Waals surface area contributed by atoms with Gasteiger partial charge in [0.15, 0.2) is 14.0 Å². The fourth-order valence-corrected chi connectivity index (χ4v) is 7.33. The van der Waals surface area contributed by atoms with Crippen LogP contribution in [-0.2, 0) is 10.9 Å². The standard InChI is InChI=1S/C36H46F3N5O6SSi/c1-9-40-33(48)43-29-17-22(31-42-27(20-51-31)36(37,38)39)24(18-41-29)21-10-11-26-23(16-21)30(46)25(32(47)50-15-14-45)19-44(26)28(34(2,3)4)12-13-35(5,6)52(7,8)49/h10-11,16-20,28,45,49H,9,12-15H2,1-8H3,(H2,40,41,43,48)/t28-/m1/s1. The fraction of sp³-hybridized carbons (Fsp3) is 0.472. The molecule has 52 heavy (non-hydrogen) atoms. The van der Waals surface area contributed by atoms with Crippen molar-refractivity contribution in [3.63, 3.8) is 0 Å². The summed E-state index contributed by atoms with van der Waals surface area (Å²) in [5.74, 6) is -0.849. The second-order valence-corrected chi connectivity index (χ2v) is 20.2. The van der Waals surface area contributed by atoms with Crippen molar-refractivity contribution in [2.45, 2.75) is 84.7 Å². The van der Waals surface area contributed by atoms with Crippen LogP contribution in [0.4, 0.5) is 23.8 Å². The Bertz CT molecular complexity index is 2000. The number of hydrogen-bond acceptors (Lipinski definition) is 9. The molecule has 0 saturated carbocycles. The summed E-state index contributed by atoms with van der Waals surface area (Å²) in [4.78, 5) is 58.8. The van der Waals surface area contributed by atoms with Crippen molar-refractivity contribution in [2.24, 2.45) is 5.41 Å². The van der Waals surface area contributed by atoms with Gasteiger partial charge >= 0.3 is 18.2 Å². The summed E-state index contributed by atoms with van der Waals surface area (Å²) in [6.07, 6.45) is -0.576. The van der Waals surface area contributed by atoms with E-state index in [1.54, 1.807) is 25.1 Å². The van der Waals surface area contributed by atoms with Gasteiger partial charge in [0.05, 0.1) is 12.1 Å². The number of benzene rings is 1. The number of aliphatic hydroxyl groups excluding tert-OH is 1. The third-order valence-electron chi connectivity index (χ3n) is 9.43. The maximum absolute atomic E-state index is 14.1. The third-order valence-corrected chi connectivity index (χ3v) is 13.9. The fourth-order valence-electron chi connectivity index (χ4n) is 5.71. The number of fused-ring (bicyclic) bond motifs is 1. The molecule has 1 aromatic carbocycles. The quantitative estimate of drug-likeness (QED) is 0.0841. The first-order valence-corrected chi connectivity index (χ1v) is 20.7. The number of esters is 1. The molecule has 0 spiro atoms. The number of pyridine rings is 2. The van der Waals surface area contributed by atoms with Gasteiger partial charge in [-0.15, -0.1) is 11.3 Å².